The Morgan fingerprint density at radius 1 is 1.32 bits per heavy atom. The average Bonchev–Trinajstić information content (AvgIpc) is 3.22. The number of fused-ring (bicyclic) bond motifs is 2. The minimum absolute atomic E-state index is 0.0632. The standard InChI is InChI=1S/C17H20N4O4/c1-11-7-20(8-15-18-19-16(9-23-2)21(11)15)17(22)6-12-3-4-13-14(5-12)25-10-24-13/h3-5,11H,6-10H2,1-2H3/t11-/m0/s1. The molecular weight excluding hydrogens is 324 g/mol. The van der Waals surface area contributed by atoms with Gasteiger partial charge in [-0.3, -0.25) is 4.79 Å². The minimum Gasteiger partial charge on any atom is -0.454 e. The van der Waals surface area contributed by atoms with E-state index in [0.29, 0.717) is 31.9 Å². The second-order valence-electron chi connectivity index (χ2n) is 6.32. The van der Waals surface area contributed by atoms with Crippen molar-refractivity contribution in [3.05, 3.63) is 35.4 Å². The number of ether oxygens (including phenoxy) is 3. The Kier molecular flexibility index (Phi) is 4.04. The summed E-state index contributed by atoms with van der Waals surface area (Å²) in [6.45, 7) is 3.81. The number of hydrogen-bond acceptors (Lipinski definition) is 6. The molecule has 0 saturated heterocycles. The van der Waals surface area contributed by atoms with Crippen LogP contribution < -0.4 is 9.47 Å². The molecule has 0 unspecified atom stereocenters. The summed E-state index contributed by atoms with van der Waals surface area (Å²) in [7, 11) is 1.64. The monoisotopic (exact) mass is 344 g/mol. The Morgan fingerprint density at radius 3 is 3.00 bits per heavy atom. The average molecular weight is 344 g/mol. The van der Waals surface area contributed by atoms with E-state index in [1.54, 1.807) is 7.11 Å². The van der Waals surface area contributed by atoms with Crippen molar-refractivity contribution in [3.63, 3.8) is 0 Å². The third kappa shape index (κ3) is 2.93. The Balaban J connectivity index is 1.48. The molecule has 0 bridgehead atoms. The van der Waals surface area contributed by atoms with Crippen LogP contribution in [0.2, 0.25) is 0 Å². The number of benzene rings is 1. The van der Waals surface area contributed by atoms with Crippen LogP contribution in [0.1, 0.15) is 30.2 Å². The minimum atomic E-state index is 0.0632. The molecule has 25 heavy (non-hydrogen) atoms. The molecule has 1 aromatic heterocycles. The molecule has 0 aliphatic carbocycles. The van der Waals surface area contributed by atoms with Crippen LogP contribution in [0.15, 0.2) is 18.2 Å². The van der Waals surface area contributed by atoms with Crippen molar-refractivity contribution in [2.75, 3.05) is 20.4 Å². The van der Waals surface area contributed by atoms with Crippen LogP contribution in [0.3, 0.4) is 0 Å². The van der Waals surface area contributed by atoms with Gasteiger partial charge in [-0.2, -0.15) is 0 Å². The fourth-order valence-corrected chi connectivity index (χ4v) is 3.37. The molecule has 1 atom stereocenters. The first kappa shape index (κ1) is 15.9. The van der Waals surface area contributed by atoms with E-state index >= 15 is 0 Å². The summed E-state index contributed by atoms with van der Waals surface area (Å²) < 4.78 is 17.9. The van der Waals surface area contributed by atoms with Crippen molar-refractivity contribution in [1.82, 2.24) is 19.7 Å². The molecular formula is C17H20N4O4. The number of aromatic nitrogens is 3. The third-order valence-electron chi connectivity index (χ3n) is 4.51. The zero-order valence-corrected chi connectivity index (χ0v) is 14.3. The maximum Gasteiger partial charge on any atom is 0.231 e. The Morgan fingerprint density at radius 2 is 2.16 bits per heavy atom. The van der Waals surface area contributed by atoms with Gasteiger partial charge in [0.2, 0.25) is 12.7 Å². The number of carbonyl (C=O) groups is 1. The highest BCUT2D eigenvalue weighted by molar-refractivity contribution is 5.79. The Bertz CT molecular complexity index is 804. The van der Waals surface area contributed by atoms with E-state index in [1.807, 2.05) is 23.1 Å². The SMILES string of the molecule is COCc1nnc2n1[C@@H](C)CN(C(=O)Cc1ccc3c(c1)OCO3)C2. The number of rotatable bonds is 4. The van der Waals surface area contributed by atoms with Crippen LogP contribution in [0.25, 0.3) is 0 Å². The third-order valence-corrected chi connectivity index (χ3v) is 4.51. The largest absolute Gasteiger partial charge is 0.454 e. The fraction of sp³-hybridized carbons (Fsp3) is 0.471. The van der Waals surface area contributed by atoms with E-state index in [1.165, 1.54) is 0 Å². The molecule has 3 heterocycles. The van der Waals surface area contributed by atoms with E-state index < -0.39 is 0 Å². The summed E-state index contributed by atoms with van der Waals surface area (Å²) >= 11 is 0. The maximum absolute atomic E-state index is 12.7. The zero-order valence-electron chi connectivity index (χ0n) is 14.3. The van der Waals surface area contributed by atoms with Gasteiger partial charge in [-0.1, -0.05) is 6.07 Å². The quantitative estimate of drug-likeness (QED) is 0.832. The molecule has 0 fully saturated rings. The lowest BCUT2D eigenvalue weighted by Crippen LogP contribution is -2.41. The van der Waals surface area contributed by atoms with Crippen LogP contribution in [0.5, 0.6) is 11.5 Å². The second-order valence-corrected chi connectivity index (χ2v) is 6.32. The lowest BCUT2D eigenvalue weighted by atomic mass is 10.1. The van der Waals surface area contributed by atoms with Gasteiger partial charge in [0.15, 0.2) is 23.1 Å². The highest BCUT2D eigenvalue weighted by atomic mass is 16.7. The predicted molar refractivity (Wildman–Crippen MR) is 87.1 cm³/mol. The molecule has 1 amide bonds. The zero-order chi connectivity index (χ0) is 17.4. The number of amides is 1. The summed E-state index contributed by atoms with van der Waals surface area (Å²) in [6, 6.07) is 5.73. The molecule has 8 heteroatoms. The van der Waals surface area contributed by atoms with Crippen LogP contribution in [-0.4, -0.2) is 46.0 Å². The van der Waals surface area contributed by atoms with Gasteiger partial charge in [0.05, 0.1) is 19.0 Å². The number of methoxy groups -OCH3 is 1. The fourth-order valence-electron chi connectivity index (χ4n) is 3.37. The summed E-state index contributed by atoms with van der Waals surface area (Å²) in [5, 5.41) is 8.39. The Labute approximate surface area is 145 Å². The van der Waals surface area contributed by atoms with Crippen molar-refractivity contribution < 1.29 is 19.0 Å². The van der Waals surface area contributed by atoms with Gasteiger partial charge < -0.3 is 23.7 Å². The second kappa shape index (κ2) is 6.36. The lowest BCUT2D eigenvalue weighted by molar-refractivity contribution is -0.132. The lowest BCUT2D eigenvalue weighted by Gasteiger charge is -2.32. The van der Waals surface area contributed by atoms with Crippen molar-refractivity contribution in [1.29, 1.82) is 0 Å². The first-order valence-electron chi connectivity index (χ1n) is 8.23. The van der Waals surface area contributed by atoms with Gasteiger partial charge in [0.25, 0.3) is 0 Å². The van der Waals surface area contributed by atoms with Crippen molar-refractivity contribution in [3.8, 4) is 11.5 Å². The van der Waals surface area contributed by atoms with Crippen LogP contribution in [0.4, 0.5) is 0 Å². The number of carbonyl (C=O) groups excluding carboxylic acids is 1. The van der Waals surface area contributed by atoms with Gasteiger partial charge in [-0.25, -0.2) is 0 Å². The normalized spacial score (nSPS) is 18.3. The van der Waals surface area contributed by atoms with Gasteiger partial charge in [0.1, 0.15) is 6.61 Å². The van der Waals surface area contributed by atoms with Crippen LogP contribution in [0, 0.1) is 0 Å². The molecule has 1 aromatic carbocycles. The predicted octanol–water partition coefficient (Wildman–Crippen LogP) is 1.30. The molecule has 0 spiro atoms. The first-order chi connectivity index (χ1) is 12.2. The molecule has 0 N–H and O–H groups in total. The van der Waals surface area contributed by atoms with Crippen molar-refractivity contribution >= 4 is 5.91 Å². The van der Waals surface area contributed by atoms with Crippen LogP contribution >= 0.6 is 0 Å². The molecule has 4 rings (SSSR count). The number of nitrogens with zero attached hydrogens (tertiary/aromatic N) is 4. The highest BCUT2D eigenvalue weighted by Gasteiger charge is 2.29. The molecule has 2 aromatic rings. The molecule has 0 radical (unpaired) electrons. The molecule has 8 nitrogen and oxygen atoms in total. The summed E-state index contributed by atoms with van der Waals surface area (Å²) in [6.07, 6.45) is 0.322. The van der Waals surface area contributed by atoms with E-state index in [-0.39, 0.29) is 18.7 Å². The first-order valence-corrected chi connectivity index (χ1v) is 8.23. The van der Waals surface area contributed by atoms with Crippen LogP contribution in [-0.2, 0) is 29.1 Å². The molecule has 2 aliphatic rings. The van der Waals surface area contributed by atoms with E-state index in [4.69, 9.17) is 14.2 Å². The van der Waals surface area contributed by atoms with E-state index in [0.717, 1.165) is 23.0 Å². The maximum atomic E-state index is 12.7. The van der Waals surface area contributed by atoms with Gasteiger partial charge in [-0.05, 0) is 24.6 Å². The van der Waals surface area contributed by atoms with Gasteiger partial charge in [0, 0.05) is 13.7 Å². The molecule has 0 saturated carbocycles. The van der Waals surface area contributed by atoms with Gasteiger partial charge in [-0.15, -0.1) is 10.2 Å². The van der Waals surface area contributed by atoms with Gasteiger partial charge >= 0.3 is 0 Å². The number of hydrogen-bond donors (Lipinski definition) is 0. The molecule has 2 aliphatic heterocycles. The van der Waals surface area contributed by atoms with Crippen molar-refractivity contribution in [2.24, 2.45) is 0 Å². The smallest absolute Gasteiger partial charge is 0.231 e. The summed E-state index contributed by atoms with van der Waals surface area (Å²) in [5.41, 5.74) is 0.911. The summed E-state index contributed by atoms with van der Waals surface area (Å²) in [5.74, 6) is 3.08. The van der Waals surface area contributed by atoms with E-state index in [2.05, 4.69) is 21.7 Å². The van der Waals surface area contributed by atoms with E-state index in [9.17, 15) is 4.79 Å². The van der Waals surface area contributed by atoms with Crippen molar-refractivity contribution in [2.45, 2.75) is 32.5 Å². The topological polar surface area (TPSA) is 78.7 Å². The molecule has 132 valence electrons. The highest BCUT2D eigenvalue weighted by Crippen LogP contribution is 2.33. The summed E-state index contributed by atoms with van der Waals surface area (Å²) in [4.78, 5) is 14.6. The Hall–Kier alpha value is -2.61.